The number of allylic oxidation sites excluding steroid dienone is 1. The first-order chi connectivity index (χ1) is 6.20. The molecule has 0 heterocycles. The zero-order valence-corrected chi connectivity index (χ0v) is 7.67. The highest BCUT2D eigenvalue weighted by molar-refractivity contribution is 6.32. The molecule has 0 amide bonds. The number of aromatic hydroxyl groups is 1. The summed E-state index contributed by atoms with van der Waals surface area (Å²) < 4.78 is 0. The van der Waals surface area contributed by atoms with Crippen LogP contribution in [-0.4, -0.2) is 5.11 Å². The lowest BCUT2D eigenvalue weighted by Gasteiger charge is -2.04. The van der Waals surface area contributed by atoms with E-state index < -0.39 is 0 Å². The van der Waals surface area contributed by atoms with E-state index in [9.17, 15) is 5.11 Å². The normalized spacial score (nSPS) is 9.23. The number of benzene rings is 1. The van der Waals surface area contributed by atoms with Gasteiger partial charge in [0.15, 0.2) is 0 Å². The van der Waals surface area contributed by atoms with Crippen LogP contribution in [-0.2, 0) is 6.42 Å². The number of hydrogen-bond donors (Lipinski definition) is 1. The van der Waals surface area contributed by atoms with Gasteiger partial charge >= 0.3 is 0 Å². The van der Waals surface area contributed by atoms with Crippen LogP contribution in [0.4, 0.5) is 0 Å². The molecule has 0 aliphatic rings. The molecule has 3 heteroatoms. The fourth-order valence-electron chi connectivity index (χ4n) is 1.04. The van der Waals surface area contributed by atoms with Gasteiger partial charge in [-0.05, 0) is 18.1 Å². The Morgan fingerprint density at radius 2 is 2.31 bits per heavy atom. The SMILES string of the molecule is C=CCc1ccc(Cl)c(C#N)c1O. The lowest BCUT2D eigenvalue weighted by Crippen LogP contribution is -1.87. The van der Waals surface area contributed by atoms with Crippen molar-refractivity contribution in [1.29, 1.82) is 5.26 Å². The van der Waals surface area contributed by atoms with Gasteiger partial charge in [-0.25, -0.2) is 0 Å². The lowest BCUT2D eigenvalue weighted by atomic mass is 10.1. The van der Waals surface area contributed by atoms with E-state index >= 15 is 0 Å². The third-order valence-corrected chi connectivity index (χ3v) is 2.00. The molecular formula is C10H8ClNO. The van der Waals surface area contributed by atoms with E-state index in [1.165, 1.54) is 0 Å². The van der Waals surface area contributed by atoms with E-state index in [0.717, 1.165) is 0 Å². The molecule has 0 radical (unpaired) electrons. The Balaban J connectivity index is 3.29. The Morgan fingerprint density at radius 1 is 1.62 bits per heavy atom. The number of nitriles is 1. The molecular weight excluding hydrogens is 186 g/mol. The molecule has 0 aliphatic heterocycles. The van der Waals surface area contributed by atoms with Crippen LogP contribution in [0.15, 0.2) is 24.8 Å². The second kappa shape index (κ2) is 3.97. The molecule has 0 spiro atoms. The van der Waals surface area contributed by atoms with Crippen LogP contribution in [0.1, 0.15) is 11.1 Å². The maximum absolute atomic E-state index is 9.55. The Kier molecular flexibility index (Phi) is 2.94. The van der Waals surface area contributed by atoms with Crippen molar-refractivity contribution in [2.75, 3.05) is 0 Å². The molecule has 0 aromatic heterocycles. The van der Waals surface area contributed by atoms with Crippen molar-refractivity contribution in [2.45, 2.75) is 6.42 Å². The predicted molar refractivity (Wildman–Crippen MR) is 51.7 cm³/mol. The Bertz CT molecular complexity index is 379. The van der Waals surface area contributed by atoms with Crippen LogP contribution in [0.2, 0.25) is 5.02 Å². The molecule has 0 bridgehead atoms. The first-order valence-corrected chi connectivity index (χ1v) is 4.09. The third kappa shape index (κ3) is 1.82. The van der Waals surface area contributed by atoms with E-state index in [2.05, 4.69) is 6.58 Å². The summed E-state index contributed by atoms with van der Waals surface area (Å²) in [6, 6.07) is 5.12. The van der Waals surface area contributed by atoms with Crippen molar-refractivity contribution in [3.05, 3.63) is 40.9 Å². The van der Waals surface area contributed by atoms with Gasteiger partial charge in [-0.3, -0.25) is 0 Å². The van der Waals surface area contributed by atoms with Crippen LogP contribution < -0.4 is 0 Å². The zero-order chi connectivity index (χ0) is 9.84. The molecule has 1 aromatic carbocycles. The summed E-state index contributed by atoms with van der Waals surface area (Å²) in [5, 5.41) is 18.5. The summed E-state index contributed by atoms with van der Waals surface area (Å²) in [6.45, 7) is 3.55. The summed E-state index contributed by atoms with van der Waals surface area (Å²) >= 11 is 5.69. The second-order valence-electron chi connectivity index (χ2n) is 2.53. The molecule has 0 unspecified atom stereocenters. The van der Waals surface area contributed by atoms with Crippen LogP contribution in [0.3, 0.4) is 0 Å². The molecule has 1 N–H and O–H groups in total. The van der Waals surface area contributed by atoms with Crippen LogP contribution in [0.25, 0.3) is 0 Å². The third-order valence-electron chi connectivity index (χ3n) is 1.69. The van der Waals surface area contributed by atoms with Gasteiger partial charge in [-0.15, -0.1) is 6.58 Å². The fraction of sp³-hybridized carbons (Fsp3) is 0.100. The summed E-state index contributed by atoms with van der Waals surface area (Å²) in [6.07, 6.45) is 2.18. The van der Waals surface area contributed by atoms with Crippen molar-refractivity contribution in [2.24, 2.45) is 0 Å². The highest BCUT2D eigenvalue weighted by Gasteiger charge is 2.09. The van der Waals surface area contributed by atoms with Crippen LogP contribution in [0, 0.1) is 11.3 Å². The van der Waals surface area contributed by atoms with Gasteiger partial charge < -0.3 is 5.11 Å². The van der Waals surface area contributed by atoms with Crippen LogP contribution in [0.5, 0.6) is 5.75 Å². The van der Waals surface area contributed by atoms with Gasteiger partial charge in [-0.2, -0.15) is 5.26 Å². The minimum Gasteiger partial charge on any atom is -0.506 e. The van der Waals surface area contributed by atoms with Crippen molar-refractivity contribution < 1.29 is 5.11 Å². The standard InChI is InChI=1S/C10H8ClNO/c1-2-3-7-4-5-9(11)8(6-12)10(7)13/h2,4-5,13H,1,3H2. The number of rotatable bonds is 2. The van der Waals surface area contributed by atoms with Gasteiger partial charge in [0.1, 0.15) is 17.4 Å². The van der Waals surface area contributed by atoms with Crippen molar-refractivity contribution in [3.8, 4) is 11.8 Å². The maximum Gasteiger partial charge on any atom is 0.138 e. The summed E-state index contributed by atoms with van der Waals surface area (Å²) in [5.74, 6) is -0.0464. The highest BCUT2D eigenvalue weighted by atomic mass is 35.5. The Hall–Kier alpha value is -1.46. The van der Waals surface area contributed by atoms with Crippen molar-refractivity contribution in [1.82, 2.24) is 0 Å². The fourth-order valence-corrected chi connectivity index (χ4v) is 1.23. The molecule has 66 valence electrons. The average Bonchev–Trinajstić information content (AvgIpc) is 2.11. The first kappa shape index (κ1) is 9.63. The maximum atomic E-state index is 9.55. The van der Waals surface area contributed by atoms with Gasteiger partial charge in [-0.1, -0.05) is 23.7 Å². The van der Waals surface area contributed by atoms with Gasteiger partial charge in [0.25, 0.3) is 0 Å². The first-order valence-electron chi connectivity index (χ1n) is 3.72. The van der Waals surface area contributed by atoms with E-state index in [-0.39, 0.29) is 16.3 Å². The van der Waals surface area contributed by atoms with Gasteiger partial charge in [0.05, 0.1) is 5.02 Å². The van der Waals surface area contributed by atoms with Gasteiger partial charge in [0, 0.05) is 0 Å². The van der Waals surface area contributed by atoms with E-state index in [4.69, 9.17) is 16.9 Å². The molecule has 0 atom stereocenters. The molecule has 0 fully saturated rings. The van der Waals surface area contributed by atoms with E-state index in [1.807, 2.05) is 6.07 Å². The number of phenolic OH excluding ortho intramolecular Hbond substituents is 1. The largest absolute Gasteiger partial charge is 0.506 e. The molecule has 1 aromatic rings. The van der Waals surface area contributed by atoms with E-state index in [0.29, 0.717) is 12.0 Å². The number of phenols is 1. The molecule has 1 rings (SSSR count). The minimum absolute atomic E-state index is 0.0464. The zero-order valence-electron chi connectivity index (χ0n) is 6.92. The quantitative estimate of drug-likeness (QED) is 0.734. The monoisotopic (exact) mass is 193 g/mol. The lowest BCUT2D eigenvalue weighted by molar-refractivity contribution is 0.468. The summed E-state index contributed by atoms with van der Waals surface area (Å²) in [5.41, 5.74) is 0.789. The Labute approximate surface area is 81.7 Å². The molecule has 13 heavy (non-hydrogen) atoms. The number of nitrogens with zero attached hydrogens (tertiary/aromatic N) is 1. The number of halogens is 1. The smallest absolute Gasteiger partial charge is 0.138 e. The minimum atomic E-state index is -0.0464. The molecule has 0 aliphatic carbocycles. The predicted octanol–water partition coefficient (Wildman–Crippen LogP) is 2.65. The molecule has 2 nitrogen and oxygen atoms in total. The van der Waals surface area contributed by atoms with Crippen molar-refractivity contribution >= 4 is 11.6 Å². The van der Waals surface area contributed by atoms with Crippen molar-refractivity contribution in [3.63, 3.8) is 0 Å². The molecule has 0 saturated carbocycles. The summed E-state index contributed by atoms with van der Waals surface area (Å²) in [7, 11) is 0. The van der Waals surface area contributed by atoms with Gasteiger partial charge in [0.2, 0.25) is 0 Å². The second-order valence-corrected chi connectivity index (χ2v) is 2.94. The topological polar surface area (TPSA) is 44.0 Å². The molecule has 0 saturated heterocycles. The number of hydrogen-bond acceptors (Lipinski definition) is 2. The van der Waals surface area contributed by atoms with E-state index in [1.54, 1.807) is 18.2 Å². The Morgan fingerprint density at radius 3 is 2.85 bits per heavy atom. The van der Waals surface area contributed by atoms with Crippen LogP contribution >= 0.6 is 11.6 Å². The highest BCUT2D eigenvalue weighted by Crippen LogP contribution is 2.28. The average molecular weight is 194 g/mol. The summed E-state index contributed by atoms with van der Waals surface area (Å²) in [4.78, 5) is 0.